The number of aryl methyl sites for hydroxylation is 2. The van der Waals surface area contributed by atoms with Crippen LogP contribution in [0.3, 0.4) is 0 Å². The van der Waals surface area contributed by atoms with Gasteiger partial charge in [-0.05, 0) is 12.1 Å². The van der Waals surface area contributed by atoms with Crippen LogP contribution in [0.15, 0.2) is 12.1 Å². The Morgan fingerprint density at radius 3 is 2.71 bits per heavy atom. The molecule has 0 fully saturated rings. The standard InChI is InChI=1S/C14H16ClF2N3O/c1-19(2)12(21)6-8-20-11(5-7-15)18-10-4-3-9(16)13(17)14(10)20/h3-4H,5-8H2,1-2H3. The Hall–Kier alpha value is -1.69. The number of carbonyl (C=O) groups excluding carboxylic acids is 1. The predicted octanol–water partition coefficient (Wildman–Crippen LogP) is 2.57. The third kappa shape index (κ3) is 3.15. The van der Waals surface area contributed by atoms with E-state index < -0.39 is 11.6 Å². The average Bonchev–Trinajstić information content (AvgIpc) is 2.79. The molecule has 1 amide bonds. The van der Waals surface area contributed by atoms with Crippen molar-refractivity contribution < 1.29 is 13.6 Å². The molecule has 0 aliphatic rings. The van der Waals surface area contributed by atoms with Crippen molar-refractivity contribution in [1.29, 1.82) is 0 Å². The summed E-state index contributed by atoms with van der Waals surface area (Å²) >= 11 is 5.72. The molecule has 0 saturated heterocycles. The van der Waals surface area contributed by atoms with Crippen LogP contribution < -0.4 is 0 Å². The van der Waals surface area contributed by atoms with Gasteiger partial charge in [-0.2, -0.15) is 0 Å². The van der Waals surface area contributed by atoms with Crippen LogP contribution in [-0.4, -0.2) is 40.3 Å². The minimum atomic E-state index is -0.946. The van der Waals surface area contributed by atoms with Crippen molar-refractivity contribution in [2.24, 2.45) is 0 Å². The number of halogens is 3. The first-order valence-electron chi connectivity index (χ1n) is 6.55. The molecule has 1 aromatic heterocycles. The topological polar surface area (TPSA) is 38.1 Å². The molecule has 0 N–H and O–H groups in total. The van der Waals surface area contributed by atoms with Crippen LogP contribution in [0.25, 0.3) is 11.0 Å². The van der Waals surface area contributed by atoms with E-state index >= 15 is 0 Å². The number of nitrogens with zero attached hydrogens (tertiary/aromatic N) is 3. The minimum absolute atomic E-state index is 0.0849. The average molecular weight is 316 g/mol. The smallest absolute Gasteiger partial charge is 0.223 e. The van der Waals surface area contributed by atoms with Gasteiger partial charge in [0.05, 0.1) is 5.52 Å². The Balaban J connectivity index is 2.45. The Labute approximate surface area is 126 Å². The molecule has 7 heteroatoms. The fraction of sp³-hybridized carbons (Fsp3) is 0.429. The van der Waals surface area contributed by atoms with Gasteiger partial charge in [0.25, 0.3) is 0 Å². The van der Waals surface area contributed by atoms with Gasteiger partial charge in [0.2, 0.25) is 5.91 Å². The summed E-state index contributed by atoms with van der Waals surface area (Å²) in [6.45, 7) is 0.236. The van der Waals surface area contributed by atoms with Gasteiger partial charge >= 0.3 is 0 Å². The number of rotatable bonds is 5. The molecule has 114 valence electrons. The van der Waals surface area contributed by atoms with Crippen LogP contribution in [0.4, 0.5) is 8.78 Å². The fourth-order valence-electron chi connectivity index (χ4n) is 2.15. The molecular formula is C14H16ClF2N3O. The molecule has 0 atom stereocenters. The lowest BCUT2D eigenvalue weighted by molar-refractivity contribution is -0.128. The molecule has 1 aromatic carbocycles. The van der Waals surface area contributed by atoms with E-state index in [4.69, 9.17) is 11.6 Å². The summed E-state index contributed by atoms with van der Waals surface area (Å²) in [5.41, 5.74) is 0.452. The molecule has 0 aliphatic heterocycles. The van der Waals surface area contributed by atoms with Crippen molar-refractivity contribution in [1.82, 2.24) is 14.5 Å². The van der Waals surface area contributed by atoms with Crippen LogP contribution in [0.2, 0.25) is 0 Å². The maximum Gasteiger partial charge on any atom is 0.223 e. The van der Waals surface area contributed by atoms with Crippen molar-refractivity contribution in [2.75, 3.05) is 20.0 Å². The van der Waals surface area contributed by atoms with E-state index in [1.165, 1.54) is 15.5 Å². The molecule has 0 radical (unpaired) electrons. The van der Waals surface area contributed by atoms with Gasteiger partial charge in [-0.3, -0.25) is 4.79 Å². The molecule has 0 bridgehead atoms. The molecule has 0 unspecified atom stereocenters. The number of carbonyl (C=O) groups is 1. The van der Waals surface area contributed by atoms with Crippen molar-refractivity contribution in [3.63, 3.8) is 0 Å². The normalized spacial score (nSPS) is 11.1. The first-order chi connectivity index (χ1) is 9.95. The summed E-state index contributed by atoms with van der Waals surface area (Å²) < 4.78 is 29.0. The third-order valence-corrected chi connectivity index (χ3v) is 3.43. The van der Waals surface area contributed by atoms with E-state index in [2.05, 4.69) is 4.98 Å². The molecule has 2 aromatic rings. The monoisotopic (exact) mass is 315 g/mol. The van der Waals surface area contributed by atoms with E-state index in [0.717, 1.165) is 6.07 Å². The minimum Gasteiger partial charge on any atom is -0.349 e. The highest BCUT2D eigenvalue weighted by Crippen LogP contribution is 2.23. The lowest BCUT2D eigenvalue weighted by atomic mass is 10.2. The first kappa shape index (κ1) is 15.7. The number of benzene rings is 1. The van der Waals surface area contributed by atoms with Gasteiger partial charge in [-0.1, -0.05) is 0 Å². The number of hydrogen-bond acceptors (Lipinski definition) is 2. The summed E-state index contributed by atoms with van der Waals surface area (Å²) in [4.78, 5) is 17.4. The maximum absolute atomic E-state index is 14.0. The first-order valence-corrected chi connectivity index (χ1v) is 7.08. The fourth-order valence-corrected chi connectivity index (χ4v) is 2.32. The van der Waals surface area contributed by atoms with E-state index in [9.17, 15) is 13.6 Å². The second-order valence-electron chi connectivity index (χ2n) is 4.89. The number of alkyl halides is 1. The molecule has 4 nitrogen and oxygen atoms in total. The Morgan fingerprint density at radius 1 is 1.38 bits per heavy atom. The van der Waals surface area contributed by atoms with Crippen molar-refractivity contribution in [3.05, 3.63) is 29.6 Å². The van der Waals surface area contributed by atoms with E-state index in [1.54, 1.807) is 14.1 Å². The highest BCUT2D eigenvalue weighted by Gasteiger charge is 2.18. The van der Waals surface area contributed by atoms with E-state index in [1.807, 2.05) is 0 Å². The van der Waals surface area contributed by atoms with Crippen LogP contribution >= 0.6 is 11.6 Å². The zero-order valence-corrected chi connectivity index (χ0v) is 12.6. The van der Waals surface area contributed by atoms with Crippen molar-refractivity contribution in [3.8, 4) is 0 Å². The van der Waals surface area contributed by atoms with Crippen molar-refractivity contribution >= 4 is 28.5 Å². The van der Waals surface area contributed by atoms with Crippen LogP contribution in [0.5, 0.6) is 0 Å². The summed E-state index contributed by atoms with van der Waals surface area (Å²) in [5, 5.41) is 0. The van der Waals surface area contributed by atoms with E-state index in [-0.39, 0.29) is 24.4 Å². The number of aromatic nitrogens is 2. The molecule has 21 heavy (non-hydrogen) atoms. The van der Waals surface area contributed by atoms with Crippen LogP contribution in [-0.2, 0) is 17.8 Å². The molecule has 0 aliphatic carbocycles. The Morgan fingerprint density at radius 2 is 2.10 bits per heavy atom. The number of amides is 1. The zero-order valence-electron chi connectivity index (χ0n) is 11.9. The summed E-state index contributed by atoms with van der Waals surface area (Å²) in [6.07, 6.45) is 0.608. The van der Waals surface area contributed by atoms with Crippen molar-refractivity contribution in [2.45, 2.75) is 19.4 Å². The lowest BCUT2D eigenvalue weighted by Gasteiger charge is -2.12. The van der Waals surface area contributed by atoms with Crippen LogP contribution in [0.1, 0.15) is 12.2 Å². The summed E-state index contributed by atoms with van der Waals surface area (Å²) in [5.74, 6) is -1.10. The Bertz CT molecular complexity index is 670. The molecule has 0 spiro atoms. The number of hydrogen-bond donors (Lipinski definition) is 0. The number of imidazole rings is 1. The quantitative estimate of drug-likeness (QED) is 0.795. The van der Waals surface area contributed by atoms with Gasteiger partial charge < -0.3 is 9.47 Å². The van der Waals surface area contributed by atoms with E-state index in [0.29, 0.717) is 23.6 Å². The highest BCUT2D eigenvalue weighted by atomic mass is 35.5. The van der Waals surface area contributed by atoms with Gasteiger partial charge in [-0.25, -0.2) is 13.8 Å². The van der Waals surface area contributed by atoms with Gasteiger partial charge in [0.15, 0.2) is 11.6 Å². The molecule has 1 heterocycles. The van der Waals surface area contributed by atoms with Gasteiger partial charge in [0.1, 0.15) is 11.3 Å². The summed E-state index contributed by atoms with van der Waals surface area (Å²) in [7, 11) is 3.29. The SMILES string of the molecule is CN(C)C(=O)CCn1c(CCCl)nc2ccc(F)c(F)c21. The lowest BCUT2D eigenvalue weighted by Crippen LogP contribution is -2.23. The summed E-state index contributed by atoms with van der Waals surface area (Å²) in [6, 6.07) is 2.47. The molecule has 2 rings (SSSR count). The molecule has 0 saturated carbocycles. The van der Waals surface area contributed by atoms with Gasteiger partial charge in [0, 0.05) is 39.4 Å². The largest absolute Gasteiger partial charge is 0.349 e. The van der Waals surface area contributed by atoms with Gasteiger partial charge in [-0.15, -0.1) is 11.6 Å². The maximum atomic E-state index is 14.0. The van der Waals surface area contributed by atoms with Crippen LogP contribution in [0, 0.1) is 11.6 Å². The third-order valence-electron chi connectivity index (χ3n) is 3.24. The second kappa shape index (κ2) is 6.39. The zero-order chi connectivity index (χ0) is 15.6. The second-order valence-corrected chi connectivity index (χ2v) is 5.26. The predicted molar refractivity (Wildman–Crippen MR) is 77.4 cm³/mol. The Kier molecular flexibility index (Phi) is 4.77. The molecular weight excluding hydrogens is 300 g/mol. The number of fused-ring (bicyclic) bond motifs is 1. The highest BCUT2D eigenvalue weighted by molar-refractivity contribution is 6.17.